The molecule has 1 unspecified atom stereocenters. The maximum absolute atomic E-state index is 5.06. The number of nitrogens with one attached hydrogen (secondary N) is 1. The van der Waals surface area contributed by atoms with Crippen molar-refractivity contribution in [1.29, 1.82) is 0 Å². The van der Waals surface area contributed by atoms with Gasteiger partial charge in [0.1, 0.15) is 0 Å². The molecule has 5 aliphatic rings. The molecule has 0 spiro atoms. The summed E-state index contributed by atoms with van der Waals surface area (Å²) in [4.78, 5) is 20.0. The zero-order valence-corrected chi connectivity index (χ0v) is 36.1. The summed E-state index contributed by atoms with van der Waals surface area (Å²) in [6.45, 7) is 8.74. The van der Waals surface area contributed by atoms with E-state index < -0.39 is 0 Å². The van der Waals surface area contributed by atoms with Crippen molar-refractivity contribution in [2.75, 3.05) is 64.7 Å². The molecule has 5 fully saturated rings. The second-order valence-corrected chi connectivity index (χ2v) is 15.7. The van der Waals surface area contributed by atoms with Gasteiger partial charge in [-0.15, -0.1) is 32.0 Å². The number of hydroxylamine groups is 8. The molecule has 1 N–H and O–H groups in total. The first-order valence-electron chi connectivity index (χ1n) is 14.2. The van der Waals surface area contributed by atoms with Gasteiger partial charge >= 0.3 is 21.1 Å². The molecule has 5 saturated heterocycles. The number of hydrogen-bond acceptors (Lipinski definition) is 20. The average Bonchev–Trinajstić information content (AvgIpc) is 3.76. The molecule has 0 radical (unpaired) electrons. The zero-order valence-electron chi connectivity index (χ0n) is 25.1. The van der Waals surface area contributed by atoms with Gasteiger partial charge in [-0.25, -0.2) is 0 Å². The first-order chi connectivity index (χ1) is 21.4. The van der Waals surface area contributed by atoms with Gasteiger partial charge in [0.2, 0.25) is 4.38 Å². The van der Waals surface area contributed by atoms with Crippen LogP contribution in [-0.4, -0.2) is 112 Å². The molecule has 0 saturated carbocycles. The van der Waals surface area contributed by atoms with Crippen LogP contribution in [0.25, 0.3) is 0 Å². The smallest absolute Gasteiger partial charge is 0.450 e. The van der Waals surface area contributed by atoms with Gasteiger partial charge in [-0.2, -0.15) is 0 Å². The molecule has 22 heteroatoms. The van der Waals surface area contributed by atoms with Gasteiger partial charge in [0.25, 0.3) is 0 Å². The van der Waals surface area contributed by atoms with Crippen molar-refractivity contribution in [1.82, 2.24) is 25.6 Å². The van der Waals surface area contributed by atoms with Crippen molar-refractivity contribution in [2.24, 2.45) is 0 Å². The predicted octanol–water partition coefficient (Wildman–Crippen LogP) is 4.22. The quantitative estimate of drug-likeness (QED) is 0.179. The molecule has 0 aromatic rings. The summed E-state index contributed by atoms with van der Waals surface area (Å²) in [6.07, 6.45) is 9.54. The van der Waals surface area contributed by atoms with E-state index in [-0.39, 0.29) is 44.2 Å². The topological polar surface area (TPSA) is 71.1 Å². The molecule has 46 heavy (non-hydrogen) atoms. The number of thiol groups is 1. The van der Waals surface area contributed by atoms with Crippen molar-refractivity contribution in [3.8, 4) is 0 Å². The van der Waals surface area contributed by atoms with E-state index in [4.69, 9.17) is 24.1 Å². The van der Waals surface area contributed by atoms with E-state index >= 15 is 0 Å². The van der Waals surface area contributed by atoms with Gasteiger partial charge in [-0.1, -0.05) is 12.6 Å². The number of thiocarbonyl (C=S) groups is 5. The first kappa shape index (κ1) is 47.5. The summed E-state index contributed by atoms with van der Waals surface area (Å²) < 4.78 is 6.19. The van der Waals surface area contributed by atoms with Crippen LogP contribution in [0.4, 0.5) is 0 Å². The molecule has 0 aromatic carbocycles. The third-order valence-electron chi connectivity index (χ3n) is 5.96. The number of hydrogen-bond donors (Lipinski definition) is 2. The van der Waals surface area contributed by atoms with Crippen molar-refractivity contribution in [3.63, 3.8) is 0 Å². The fourth-order valence-electron chi connectivity index (χ4n) is 4.11. The van der Waals surface area contributed by atoms with E-state index in [1.165, 1.54) is 51.4 Å². The van der Waals surface area contributed by atoms with Crippen LogP contribution in [-0.2, 0) is 95.7 Å². The van der Waals surface area contributed by atoms with E-state index in [9.17, 15) is 0 Å². The third kappa shape index (κ3) is 28.2. The summed E-state index contributed by atoms with van der Waals surface area (Å²) in [6, 6.07) is 0. The SMILES string of the molecule is S=C(S)OC1NCCS1.S=C([S-])ON1CCCC1.S=C([S-])ON1CCCC1.S=C([S-])ON1CCCC1.S=C([S-])ON1CCCC1.[Mo+4]. The van der Waals surface area contributed by atoms with Crippen molar-refractivity contribution in [2.45, 2.75) is 56.9 Å². The molecule has 0 aromatic heterocycles. The number of rotatable bonds is 5. The van der Waals surface area contributed by atoms with E-state index in [2.05, 4.69) is 130 Å². The molecule has 1 atom stereocenters. The number of nitrogens with zero attached hydrogens (tertiary/aromatic N) is 4. The van der Waals surface area contributed by atoms with Gasteiger partial charge in [0, 0.05) is 64.7 Å². The van der Waals surface area contributed by atoms with Crippen LogP contribution in [0.3, 0.4) is 0 Å². The van der Waals surface area contributed by atoms with Crippen LogP contribution in [0, 0.1) is 0 Å². The molecule has 0 bridgehead atoms. The Morgan fingerprint density at radius 2 is 0.826 bits per heavy atom. The second kappa shape index (κ2) is 30.2. The summed E-state index contributed by atoms with van der Waals surface area (Å²) in [7, 11) is 0. The third-order valence-corrected chi connectivity index (χ3v) is 7.77. The summed E-state index contributed by atoms with van der Waals surface area (Å²) in [5.41, 5.74) is 0.0370. The Bertz CT molecular complexity index is 728. The maximum Gasteiger partial charge on any atom is 4.00 e. The van der Waals surface area contributed by atoms with Crippen molar-refractivity contribution < 1.29 is 45.2 Å². The summed E-state index contributed by atoms with van der Waals surface area (Å²) in [5, 5.41) is 10.4. The van der Waals surface area contributed by atoms with Gasteiger partial charge in [-0.3, -0.25) is 5.32 Å². The van der Waals surface area contributed by atoms with Gasteiger partial charge in [0.15, 0.2) is 5.56 Å². The number of ether oxygens (including phenoxy) is 1. The Morgan fingerprint density at radius 1 is 0.565 bits per heavy atom. The summed E-state index contributed by atoms with van der Waals surface area (Å²) >= 11 is 46.8. The second-order valence-electron chi connectivity index (χ2n) is 9.45. The van der Waals surface area contributed by atoms with Crippen LogP contribution in [0.15, 0.2) is 0 Å². The van der Waals surface area contributed by atoms with Crippen molar-refractivity contribution >= 4 is 158 Å². The fourth-order valence-corrected chi connectivity index (χ4v) is 6.14. The molecule has 5 aliphatic heterocycles. The molecule has 5 heterocycles. The molecule has 262 valence electrons. The Labute approximate surface area is 346 Å². The van der Waals surface area contributed by atoms with Crippen LogP contribution < -0.4 is 5.32 Å². The Hall–Kier alpha value is 1.52. The van der Waals surface area contributed by atoms with Gasteiger partial charge < -0.3 is 123 Å². The van der Waals surface area contributed by atoms with Crippen molar-refractivity contribution in [3.05, 3.63) is 0 Å². The Morgan fingerprint density at radius 3 is 1.00 bits per heavy atom. The molecule has 10 nitrogen and oxygen atoms in total. The minimum Gasteiger partial charge on any atom is -0.450 e. The monoisotopic (exact) mass is 927 g/mol. The van der Waals surface area contributed by atoms with Gasteiger partial charge in [0.05, 0.1) is 17.5 Å². The molecule has 0 amide bonds. The van der Waals surface area contributed by atoms with E-state index in [1.807, 2.05) is 20.3 Å². The standard InChI is InChI=1S/4C5H9NOS2.C4H7NOS3.Mo/c4*8-5(9)7-6-3-1-2-4-6;7-4(8)6-3-5-1-2-9-3;/h4*1-4H2,(H,8,9);3,5H,1-2H2,(H,7,8);/q;;;;;+4/p-4. The van der Waals surface area contributed by atoms with Crippen LogP contribution in [0.5, 0.6) is 0 Å². The molecule has 0 aliphatic carbocycles. The largest absolute Gasteiger partial charge is 4.00 e. The zero-order chi connectivity index (χ0) is 33.5. The van der Waals surface area contributed by atoms with Crippen LogP contribution in [0.2, 0.25) is 0 Å². The Balaban J connectivity index is 0.000000547. The van der Waals surface area contributed by atoms with Crippen LogP contribution >= 0.6 is 85.5 Å². The predicted molar refractivity (Wildman–Crippen MR) is 214 cm³/mol. The molecular formula is C24H39MoN5O5S11. The summed E-state index contributed by atoms with van der Waals surface area (Å²) in [5.74, 6) is 1.08. The first-order valence-corrected chi connectivity index (χ1v) is 19.4. The van der Waals surface area contributed by atoms with Gasteiger partial charge in [-0.05, 0) is 63.6 Å². The molecular weight excluding hydrogens is 887 g/mol. The minimum absolute atomic E-state index is 0. The number of thioether (sulfide) groups is 1. The molecule has 5 rings (SSSR count). The van der Waals surface area contributed by atoms with E-state index in [0.717, 1.165) is 64.7 Å². The maximum atomic E-state index is 5.06. The normalized spacial score (nSPS) is 20.8. The van der Waals surface area contributed by atoms with E-state index in [0.29, 0.717) is 4.38 Å². The fraction of sp³-hybridized carbons (Fsp3) is 0.792. The average molecular weight is 926 g/mol. The minimum atomic E-state index is 0. The van der Waals surface area contributed by atoms with Crippen LogP contribution in [0.1, 0.15) is 51.4 Å². The Kier molecular flexibility index (Phi) is 31.2. The van der Waals surface area contributed by atoms with E-state index in [1.54, 1.807) is 11.8 Å².